The van der Waals surface area contributed by atoms with Crippen LogP contribution >= 0.6 is 0 Å². The van der Waals surface area contributed by atoms with Gasteiger partial charge in [0, 0.05) is 24.7 Å². The molecule has 1 amide bonds. The number of hydrogen-bond acceptors (Lipinski definition) is 9. The predicted octanol–water partition coefficient (Wildman–Crippen LogP) is 4.86. The number of nitrogens with one attached hydrogen (secondary N) is 1. The fraction of sp³-hybridized carbons (Fsp3) is 0.561. The summed E-state index contributed by atoms with van der Waals surface area (Å²) in [5.74, 6) is -4.07. The van der Waals surface area contributed by atoms with Gasteiger partial charge in [0.05, 0.1) is 29.0 Å². The third kappa shape index (κ3) is 5.65. The molecule has 0 heterocycles. The Hall–Kier alpha value is -3.86. The van der Waals surface area contributed by atoms with E-state index in [9.17, 15) is 34.5 Å². The average Bonchev–Trinajstić information content (AvgIpc) is 3.09. The van der Waals surface area contributed by atoms with E-state index in [2.05, 4.69) is 5.32 Å². The Labute approximate surface area is 299 Å². The number of rotatable bonds is 7. The van der Waals surface area contributed by atoms with E-state index in [4.69, 9.17) is 9.47 Å². The lowest BCUT2D eigenvalue weighted by atomic mass is 9.37. The molecule has 4 aliphatic rings. The summed E-state index contributed by atoms with van der Waals surface area (Å²) in [5, 5.41) is 40.1. The molecule has 0 spiro atoms. The Bertz CT molecular complexity index is 1740. The van der Waals surface area contributed by atoms with Crippen LogP contribution in [0.2, 0.25) is 0 Å². The van der Waals surface area contributed by atoms with Crippen LogP contribution in [0.3, 0.4) is 0 Å². The third-order valence-corrected chi connectivity index (χ3v) is 13.4. The predicted molar refractivity (Wildman–Crippen MR) is 188 cm³/mol. The van der Waals surface area contributed by atoms with Crippen LogP contribution in [0.25, 0.3) is 0 Å². The van der Waals surface area contributed by atoms with Gasteiger partial charge < -0.3 is 30.1 Å². The molecule has 0 aromatic heterocycles. The average molecular weight is 702 g/mol. The number of esters is 2. The fourth-order valence-corrected chi connectivity index (χ4v) is 10.1. The van der Waals surface area contributed by atoms with Gasteiger partial charge >= 0.3 is 11.9 Å². The highest BCUT2D eigenvalue weighted by atomic mass is 16.6. The van der Waals surface area contributed by atoms with Crippen LogP contribution < -0.4 is 5.32 Å². The summed E-state index contributed by atoms with van der Waals surface area (Å²) in [6.07, 6.45) is -3.76. The van der Waals surface area contributed by atoms with Crippen LogP contribution in [-0.2, 0) is 23.9 Å². The van der Waals surface area contributed by atoms with Gasteiger partial charge in [0.1, 0.15) is 23.9 Å². The summed E-state index contributed by atoms with van der Waals surface area (Å²) in [6.45, 7) is 11.8. The van der Waals surface area contributed by atoms with Gasteiger partial charge in [-0.3, -0.25) is 14.4 Å². The number of carbonyl (C=O) groups is 4. The summed E-state index contributed by atoms with van der Waals surface area (Å²) in [6, 6.07) is 16.7. The number of fused-ring (bicyclic) bond motifs is 5. The SMILES string of the molecule is CC(=O)N[C@@H](c1ccccc1)[C@@H](C)C(=O)O[C@H]1C[C@@]2(O)[C@@H](OC(=O)c3ccccc3)C3C(C)(C(=O)[C@H](O)C(=C1C)C2(C)C)[C@@H](O)CC1CC[C@]13C. The monoisotopic (exact) mass is 701 g/mol. The maximum absolute atomic E-state index is 14.8. The van der Waals surface area contributed by atoms with Crippen molar-refractivity contribution >= 4 is 23.6 Å². The molecule has 0 radical (unpaired) electrons. The first kappa shape index (κ1) is 36.9. The number of benzene rings is 2. The van der Waals surface area contributed by atoms with E-state index in [1.165, 1.54) is 6.92 Å². The molecule has 2 aromatic carbocycles. The number of ketones is 1. The molecule has 4 N–H and O–H groups in total. The zero-order chi connectivity index (χ0) is 37.3. The Morgan fingerprint density at radius 3 is 2.12 bits per heavy atom. The van der Waals surface area contributed by atoms with Gasteiger partial charge in [-0.25, -0.2) is 4.79 Å². The molecule has 6 rings (SSSR count). The molecule has 274 valence electrons. The highest BCUT2D eigenvalue weighted by Crippen LogP contribution is 2.69. The third-order valence-electron chi connectivity index (χ3n) is 13.4. The summed E-state index contributed by atoms with van der Waals surface area (Å²) >= 11 is 0. The lowest BCUT2D eigenvalue weighted by molar-refractivity contribution is -0.266. The van der Waals surface area contributed by atoms with Gasteiger partial charge in [0.2, 0.25) is 5.91 Å². The maximum Gasteiger partial charge on any atom is 0.338 e. The van der Waals surface area contributed by atoms with Gasteiger partial charge in [0.15, 0.2) is 5.78 Å². The first-order valence-corrected chi connectivity index (χ1v) is 18.0. The molecule has 2 bridgehead atoms. The number of carbonyl (C=O) groups excluding carboxylic acids is 4. The minimum Gasteiger partial charge on any atom is -0.457 e. The molecule has 10 heteroatoms. The number of Topliss-reactive ketones (excluding diaryl/α,β-unsaturated/α-hetero) is 1. The molecule has 3 unspecified atom stereocenters. The largest absolute Gasteiger partial charge is 0.457 e. The topological polar surface area (TPSA) is 159 Å². The van der Waals surface area contributed by atoms with Gasteiger partial charge in [-0.15, -0.1) is 0 Å². The second-order valence-corrected chi connectivity index (χ2v) is 16.4. The summed E-state index contributed by atoms with van der Waals surface area (Å²) in [4.78, 5) is 55.0. The Kier molecular flexibility index (Phi) is 9.39. The zero-order valence-corrected chi connectivity index (χ0v) is 30.5. The van der Waals surface area contributed by atoms with E-state index < -0.39 is 81.9 Å². The standard InChI is InChI=1S/C41H51NO9/c1-22-28(50-36(47)23(2)31(42-24(3)43)25-14-10-8-11-15-25)21-41(49)35(51-37(48)26-16-12-9-13-17-26)33-39(6)19-18-27(39)20-29(44)40(33,7)34(46)32(45)30(22)38(41,4)5/h8-17,23,27-29,31-33,35,44-45,49H,18-21H2,1-7H3,(H,42,43)/t23-,27?,28+,29+,31-,32-,33?,35+,39-,40?,41-/m1/s1. The highest BCUT2D eigenvalue weighted by molar-refractivity contribution is 5.94. The van der Waals surface area contributed by atoms with Gasteiger partial charge in [-0.05, 0) is 80.2 Å². The highest BCUT2D eigenvalue weighted by Gasteiger charge is 2.74. The molecule has 11 atom stereocenters. The van der Waals surface area contributed by atoms with Crippen LogP contribution in [0.1, 0.15) is 96.1 Å². The van der Waals surface area contributed by atoms with Crippen molar-refractivity contribution in [3.63, 3.8) is 0 Å². The smallest absolute Gasteiger partial charge is 0.338 e. The van der Waals surface area contributed by atoms with Crippen molar-refractivity contribution in [2.24, 2.45) is 34.0 Å². The van der Waals surface area contributed by atoms with E-state index in [0.717, 1.165) is 6.42 Å². The molecule has 51 heavy (non-hydrogen) atoms. The molecular formula is C41H51NO9. The van der Waals surface area contributed by atoms with E-state index in [1.807, 2.05) is 25.1 Å². The van der Waals surface area contributed by atoms with E-state index in [1.54, 1.807) is 77.1 Å². The van der Waals surface area contributed by atoms with Gasteiger partial charge in [-0.1, -0.05) is 69.3 Å². The second-order valence-electron chi connectivity index (χ2n) is 16.4. The number of aliphatic hydroxyl groups excluding tert-OH is 2. The van der Waals surface area contributed by atoms with Crippen molar-refractivity contribution in [3.05, 3.63) is 82.9 Å². The first-order chi connectivity index (χ1) is 23.9. The van der Waals surface area contributed by atoms with Crippen molar-refractivity contribution in [1.29, 1.82) is 0 Å². The summed E-state index contributed by atoms with van der Waals surface area (Å²) < 4.78 is 12.7. The summed E-state index contributed by atoms with van der Waals surface area (Å²) in [5.41, 5.74) is -4.01. The Balaban J connectivity index is 1.48. The van der Waals surface area contributed by atoms with Crippen molar-refractivity contribution in [2.75, 3.05) is 0 Å². The van der Waals surface area contributed by atoms with Crippen LogP contribution in [0.15, 0.2) is 71.8 Å². The lowest BCUT2D eigenvalue weighted by Gasteiger charge is -2.68. The molecular weight excluding hydrogens is 650 g/mol. The number of ether oxygens (including phenoxy) is 2. The molecule has 2 aromatic rings. The van der Waals surface area contributed by atoms with Crippen molar-refractivity contribution in [1.82, 2.24) is 5.32 Å². The number of amides is 1. The quantitative estimate of drug-likeness (QED) is 0.234. The molecule has 3 fully saturated rings. The van der Waals surface area contributed by atoms with Crippen LogP contribution in [-0.4, -0.2) is 69.0 Å². The van der Waals surface area contributed by atoms with Crippen LogP contribution in [0, 0.1) is 34.0 Å². The van der Waals surface area contributed by atoms with Crippen molar-refractivity contribution < 1.29 is 44.0 Å². The Morgan fingerprint density at radius 1 is 0.941 bits per heavy atom. The molecule has 0 aliphatic heterocycles. The van der Waals surface area contributed by atoms with E-state index in [0.29, 0.717) is 24.0 Å². The van der Waals surface area contributed by atoms with E-state index >= 15 is 0 Å². The van der Waals surface area contributed by atoms with Gasteiger partial charge in [-0.2, -0.15) is 0 Å². The normalized spacial score (nSPS) is 36.5. The fourth-order valence-electron chi connectivity index (χ4n) is 10.1. The van der Waals surface area contributed by atoms with Crippen molar-refractivity contribution in [2.45, 2.75) is 110 Å². The number of aliphatic hydroxyl groups is 3. The first-order valence-electron chi connectivity index (χ1n) is 18.0. The van der Waals surface area contributed by atoms with Crippen molar-refractivity contribution in [3.8, 4) is 0 Å². The lowest BCUT2D eigenvalue weighted by Crippen LogP contribution is -2.75. The Morgan fingerprint density at radius 2 is 1.55 bits per heavy atom. The molecule has 10 nitrogen and oxygen atoms in total. The minimum absolute atomic E-state index is 0.00177. The summed E-state index contributed by atoms with van der Waals surface area (Å²) in [7, 11) is 0. The second kappa shape index (κ2) is 13.0. The van der Waals surface area contributed by atoms with Crippen LogP contribution in [0.5, 0.6) is 0 Å². The van der Waals surface area contributed by atoms with Gasteiger partial charge in [0.25, 0.3) is 0 Å². The molecule has 3 saturated carbocycles. The minimum atomic E-state index is -1.98. The maximum atomic E-state index is 14.8. The molecule has 4 aliphatic carbocycles. The van der Waals surface area contributed by atoms with Crippen LogP contribution in [0.4, 0.5) is 0 Å². The zero-order valence-electron chi connectivity index (χ0n) is 30.5. The molecule has 0 saturated heterocycles. The number of hydrogen-bond donors (Lipinski definition) is 4. The van der Waals surface area contributed by atoms with E-state index in [-0.39, 0.29) is 29.4 Å².